The van der Waals surface area contributed by atoms with Crippen LogP contribution in [0.3, 0.4) is 0 Å². The van der Waals surface area contributed by atoms with Gasteiger partial charge in [0.1, 0.15) is 11.6 Å². The molecule has 1 heterocycles. The zero-order chi connectivity index (χ0) is 19.1. The first-order valence-corrected chi connectivity index (χ1v) is 10.7. The predicted octanol–water partition coefficient (Wildman–Crippen LogP) is 4.16. The topological polar surface area (TPSA) is 69.0 Å². The van der Waals surface area contributed by atoms with E-state index in [0.29, 0.717) is 17.2 Å². The highest BCUT2D eigenvalue weighted by molar-refractivity contribution is 7.99. The number of methoxy groups -OCH3 is 1. The van der Waals surface area contributed by atoms with Crippen molar-refractivity contribution in [3.05, 3.63) is 30.1 Å². The van der Waals surface area contributed by atoms with Gasteiger partial charge in [-0.1, -0.05) is 56.0 Å². The van der Waals surface area contributed by atoms with Crippen molar-refractivity contribution in [1.29, 1.82) is 0 Å². The van der Waals surface area contributed by atoms with Gasteiger partial charge in [-0.15, -0.1) is 10.2 Å². The number of anilines is 1. The van der Waals surface area contributed by atoms with Crippen molar-refractivity contribution in [2.24, 2.45) is 5.92 Å². The van der Waals surface area contributed by atoms with E-state index < -0.39 is 0 Å². The summed E-state index contributed by atoms with van der Waals surface area (Å²) in [7, 11) is 1.59. The third kappa shape index (κ3) is 5.25. The first-order chi connectivity index (χ1) is 13.2. The third-order valence-electron chi connectivity index (χ3n) is 5.02. The Morgan fingerprint density at radius 2 is 2.04 bits per heavy atom. The lowest BCUT2D eigenvalue weighted by atomic mass is 9.87. The number of benzene rings is 1. The molecule has 0 aliphatic heterocycles. The summed E-state index contributed by atoms with van der Waals surface area (Å²) in [4.78, 5) is 12.3. The lowest BCUT2D eigenvalue weighted by molar-refractivity contribution is -0.113. The van der Waals surface area contributed by atoms with Gasteiger partial charge in [-0.25, -0.2) is 0 Å². The molecule has 0 bridgehead atoms. The fourth-order valence-electron chi connectivity index (χ4n) is 3.61. The summed E-state index contributed by atoms with van der Waals surface area (Å²) in [6.07, 6.45) is 7.60. The van der Waals surface area contributed by atoms with E-state index in [0.717, 1.165) is 29.9 Å². The van der Waals surface area contributed by atoms with Gasteiger partial charge in [0, 0.05) is 13.0 Å². The second-order valence-corrected chi connectivity index (χ2v) is 7.83. The summed E-state index contributed by atoms with van der Waals surface area (Å²) < 4.78 is 7.42. The number of aromatic nitrogens is 3. The van der Waals surface area contributed by atoms with E-state index in [-0.39, 0.29) is 5.91 Å². The molecule has 6 nitrogen and oxygen atoms in total. The number of thioether (sulfide) groups is 1. The van der Waals surface area contributed by atoms with Gasteiger partial charge in [-0.05, 0) is 25.0 Å². The molecule has 1 aliphatic carbocycles. The van der Waals surface area contributed by atoms with Crippen LogP contribution in [0, 0.1) is 5.92 Å². The SMILES string of the molecule is CCn1c(CC2CCCCC2)nnc1SCC(=O)Nc1ccccc1OC. The summed E-state index contributed by atoms with van der Waals surface area (Å²) in [5.74, 6) is 2.64. The molecule has 1 N–H and O–H groups in total. The Morgan fingerprint density at radius 1 is 1.26 bits per heavy atom. The average Bonchev–Trinajstić information content (AvgIpc) is 3.09. The number of carbonyl (C=O) groups excluding carboxylic acids is 1. The Labute approximate surface area is 165 Å². The van der Waals surface area contributed by atoms with Gasteiger partial charge in [0.2, 0.25) is 5.91 Å². The van der Waals surface area contributed by atoms with E-state index >= 15 is 0 Å². The fourth-order valence-corrected chi connectivity index (χ4v) is 4.43. The van der Waals surface area contributed by atoms with Gasteiger partial charge in [-0.3, -0.25) is 4.79 Å². The smallest absolute Gasteiger partial charge is 0.234 e. The summed E-state index contributed by atoms with van der Waals surface area (Å²) in [6, 6.07) is 7.41. The molecule has 1 aliphatic rings. The van der Waals surface area contributed by atoms with Gasteiger partial charge in [0.15, 0.2) is 5.16 Å². The van der Waals surface area contributed by atoms with Crippen LogP contribution in [0.2, 0.25) is 0 Å². The number of hydrogen-bond donors (Lipinski definition) is 1. The van der Waals surface area contributed by atoms with E-state index in [4.69, 9.17) is 4.74 Å². The van der Waals surface area contributed by atoms with Crippen LogP contribution >= 0.6 is 11.8 Å². The van der Waals surface area contributed by atoms with Gasteiger partial charge < -0.3 is 14.6 Å². The number of nitrogens with one attached hydrogen (secondary N) is 1. The first-order valence-electron chi connectivity index (χ1n) is 9.69. The molecule has 1 fully saturated rings. The quantitative estimate of drug-likeness (QED) is 0.688. The highest BCUT2D eigenvalue weighted by Crippen LogP contribution is 2.28. The number of ether oxygens (including phenoxy) is 1. The van der Waals surface area contributed by atoms with Crippen molar-refractivity contribution in [2.45, 2.75) is 57.1 Å². The molecule has 0 spiro atoms. The molecule has 1 amide bonds. The zero-order valence-corrected chi connectivity index (χ0v) is 16.9. The van der Waals surface area contributed by atoms with E-state index in [9.17, 15) is 4.79 Å². The number of amides is 1. The predicted molar refractivity (Wildman–Crippen MR) is 108 cm³/mol. The van der Waals surface area contributed by atoms with Crippen LogP contribution in [0.15, 0.2) is 29.4 Å². The molecule has 0 saturated heterocycles. The lowest BCUT2D eigenvalue weighted by Crippen LogP contribution is -2.16. The monoisotopic (exact) mass is 388 g/mol. The minimum Gasteiger partial charge on any atom is -0.495 e. The molecule has 0 unspecified atom stereocenters. The maximum Gasteiger partial charge on any atom is 0.234 e. The van der Waals surface area contributed by atoms with Crippen LogP contribution in [-0.2, 0) is 17.8 Å². The van der Waals surface area contributed by atoms with Crippen LogP contribution in [0.4, 0.5) is 5.69 Å². The summed E-state index contributed by atoms with van der Waals surface area (Å²) in [5.41, 5.74) is 0.681. The Bertz CT molecular complexity index is 756. The molecular formula is C20H28N4O2S. The molecule has 3 rings (SSSR count). The molecular weight excluding hydrogens is 360 g/mol. The number of hydrogen-bond acceptors (Lipinski definition) is 5. The molecule has 7 heteroatoms. The van der Waals surface area contributed by atoms with Gasteiger partial charge in [0.05, 0.1) is 18.6 Å². The minimum atomic E-state index is -0.0796. The van der Waals surface area contributed by atoms with Crippen molar-refractivity contribution >= 4 is 23.4 Å². The van der Waals surface area contributed by atoms with Crippen molar-refractivity contribution in [2.75, 3.05) is 18.2 Å². The average molecular weight is 389 g/mol. The molecule has 2 aromatic rings. The van der Waals surface area contributed by atoms with Crippen molar-refractivity contribution in [3.8, 4) is 5.75 Å². The highest BCUT2D eigenvalue weighted by Gasteiger charge is 2.19. The van der Waals surface area contributed by atoms with Gasteiger partial charge in [0.25, 0.3) is 0 Å². The maximum absolute atomic E-state index is 12.3. The molecule has 0 radical (unpaired) electrons. The van der Waals surface area contributed by atoms with Crippen LogP contribution in [0.25, 0.3) is 0 Å². The Kier molecular flexibility index (Phi) is 7.15. The van der Waals surface area contributed by atoms with E-state index in [1.807, 2.05) is 24.3 Å². The maximum atomic E-state index is 12.3. The lowest BCUT2D eigenvalue weighted by Gasteiger charge is -2.21. The van der Waals surface area contributed by atoms with E-state index in [1.165, 1.54) is 43.9 Å². The third-order valence-corrected chi connectivity index (χ3v) is 5.99. The summed E-state index contributed by atoms with van der Waals surface area (Å²) in [5, 5.41) is 12.5. The number of nitrogens with zero attached hydrogens (tertiary/aromatic N) is 3. The second-order valence-electron chi connectivity index (χ2n) is 6.89. The fraction of sp³-hybridized carbons (Fsp3) is 0.550. The summed E-state index contributed by atoms with van der Waals surface area (Å²) in [6.45, 7) is 2.93. The standard InChI is InChI=1S/C20H28N4O2S/c1-3-24-18(13-15-9-5-4-6-10-15)22-23-20(24)27-14-19(25)21-16-11-7-8-12-17(16)26-2/h7-8,11-12,15H,3-6,9-10,13-14H2,1-2H3,(H,21,25). The number of para-hydroxylation sites is 2. The molecule has 1 saturated carbocycles. The van der Waals surface area contributed by atoms with Gasteiger partial charge in [-0.2, -0.15) is 0 Å². The second kappa shape index (κ2) is 9.78. The number of carbonyl (C=O) groups is 1. The Morgan fingerprint density at radius 3 is 2.78 bits per heavy atom. The summed E-state index contributed by atoms with van der Waals surface area (Å²) >= 11 is 1.43. The van der Waals surface area contributed by atoms with Gasteiger partial charge >= 0.3 is 0 Å². The van der Waals surface area contributed by atoms with Crippen LogP contribution in [0.1, 0.15) is 44.9 Å². The molecule has 1 aromatic heterocycles. The molecule has 1 aromatic carbocycles. The highest BCUT2D eigenvalue weighted by atomic mass is 32.2. The minimum absolute atomic E-state index is 0.0796. The van der Waals surface area contributed by atoms with Crippen LogP contribution in [-0.4, -0.2) is 33.5 Å². The Balaban J connectivity index is 1.58. The molecule has 146 valence electrons. The van der Waals surface area contributed by atoms with E-state index in [2.05, 4.69) is 27.0 Å². The van der Waals surface area contributed by atoms with Crippen molar-refractivity contribution in [1.82, 2.24) is 14.8 Å². The van der Waals surface area contributed by atoms with E-state index in [1.54, 1.807) is 7.11 Å². The normalized spacial score (nSPS) is 14.9. The number of rotatable bonds is 8. The van der Waals surface area contributed by atoms with Crippen LogP contribution in [0.5, 0.6) is 5.75 Å². The zero-order valence-electron chi connectivity index (χ0n) is 16.1. The van der Waals surface area contributed by atoms with Crippen molar-refractivity contribution in [3.63, 3.8) is 0 Å². The Hall–Kier alpha value is -2.02. The van der Waals surface area contributed by atoms with Crippen LogP contribution < -0.4 is 10.1 Å². The molecule has 0 atom stereocenters. The first kappa shape index (κ1) is 19.7. The largest absolute Gasteiger partial charge is 0.495 e. The molecule has 27 heavy (non-hydrogen) atoms. The van der Waals surface area contributed by atoms with Crippen molar-refractivity contribution < 1.29 is 9.53 Å².